The van der Waals surface area contributed by atoms with Crippen molar-refractivity contribution in [1.82, 2.24) is 20.2 Å². The zero-order chi connectivity index (χ0) is 26.8. The van der Waals surface area contributed by atoms with Crippen molar-refractivity contribution in [2.75, 3.05) is 42.1 Å². The van der Waals surface area contributed by atoms with Gasteiger partial charge in [0.25, 0.3) is 5.91 Å². The number of anilines is 2. The molecule has 1 amide bonds. The molecule has 3 heterocycles. The second kappa shape index (κ2) is 11.1. The molecule has 0 radical (unpaired) electrons. The number of rotatable bonds is 8. The quantitative estimate of drug-likeness (QED) is 0.272. The van der Waals surface area contributed by atoms with Gasteiger partial charge in [0.15, 0.2) is 5.16 Å². The second-order valence-electron chi connectivity index (χ2n) is 10.2. The van der Waals surface area contributed by atoms with Gasteiger partial charge in [0.05, 0.1) is 22.5 Å². The van der Waals surface area contributed by atoms with Gasteiger partial charge in [-0.3, -0.25) is 9.52 Å². The van der Waals surface area contributed by atoms with E-state index in [0.717, 1.165) is 25.9 Å². The van der Waals surface area contributed by atoms with Gasteiger partial charge in [0.1, 0.15) is 9.71 Å². The second-order valence-corrected chi connectivity index (χ2v) is 13.8. The number of aromatic nitrogens is 2. The number of fused-ring (bicyclic) bond motifs is 1. The highest BCUT2D eigenvalue weighted by atomic mass is 32.2. The molecular formula is C25H34N6O3S3. The smallest absolute Gasteiger partial charge is 0.263 e. The van der Waals surface area contributed by atoms with E-state index < -0.39 is 15.6 Å². The molecule has 1 aliphatic heterocycles. The summed E-state index contributed by atoms with van der Waals surface area (Å²) in [5.74, 6) is -0.227. The summed E-state index contributed by atoms with van der Waals surface area (Å²) in [6.07, 6.45) is 5.32. The number of thiophene rings is 1. The zero-order valence-electron chi connectivity index (χ0n) is 21.6. The first-order valence-corrected chi connectivity index (χ1v) is 15.9. The molecule has 0 aliphatic carbocycles. The topological polar surface area (TPSA) is 130 Å². The van der Waals surface area contributed by atoms with Gasteiger partial charge in [-0.05, 0) is 65.1 Å². The molecule has 9 nitrogen and oxygen atoms in total. The molecule has 4 N–H and O–H groups in total. The third-order valence-corrected chi connectivity index (χ3v) is 8.89. The van der Waals surface area contributed by atoms with Gasteiger partial charge in [-0.25, -0.2) is 18.4 Å². The van der Waals surface area contributed by atoms with Crippen LogP contribution in [0.5, 0.6) is 0 Å². The van der Waals surface area contributed by atoms with Gasteiger partial charge in [-0.15, -0.1) is 11.3 Å². The summed E-state index contributed by atoms with van der Waals surface area (Å²) < 4.78 is 28.4. The minimum atomic E-state index is -3.53. The first kappa shape index (κ1) is 27.6. The van der Waals surface area contributed by atoms with Crippen LogP contribution in [0.3, 0.4) is 0 Å². The minimum Gasteiger partial charge on any atom is -0.397 e. The molecule has 3 aromatic rings. The van der Waals surface area contributed by atoms with Gasteiger partial charge in [-0.2, -0.15) is 0 Å². The van der Waals surface area contributed by atoms with Crippen LogP contribution in [0.25, 0.3) is 21.5 Å². The van der Waals surface area contributed by atoms with Gasteiger partial charge >= 0.3 is 0 Å². The number of benzene rings is 1. The molecule has 0 unspecified atom stereocenters. The monoisotopic (exact) mass is 562 g/mol. The standard InChI is InChI=1S/C25H34N6O3S3/c1-25(2,3)29-22(32)21-19(26)18-20(27-24(35-4)28-23(18)36-21)16-9-8-10-17(15-16)30-37(33,34)14-13-31-11-6-5-7-12-31/h8-10,15,30H,5-7,11-14,26H2,1-4H3,(H,29,32). The van der Waals surface area contributed by atoms with E-state index in [2.05, 4.69) is 19.9 Å². The SMILES string of the molecule is CSc1nc(-c2cccc(NS(=O)(=O)CCN3CCCCC3)c2)c2c(N)c(C(=O)NC(C)(C)C)sc2n1. The molecule has 1 saturated heterocycles. The predicted octanol–water partition coefficient (Wildman–Crippen LogP) is 4.42. The van der Waals surface area contributed by atoms with E-state index in [9.17, 15) is 13.2 Å². The number of carbonyl (C=O) groups is 1. The van der Waals surface area contributed by atoms with Crippen LogP contribution in [0.15, 0.2) is 29.4 Å². The molecule has 2 aromatic heterocycles. The average molecular weight is 563 g/mol. The lowest BCUT2D eigenvalue weighted by Crippen LogP contribution is -2.40. The Labute approximate surface area is 226 Å². The third-order valence-electron chi connectivity index (χ3n) is 5.98. The Bertz CT molecular complexity index is 1390. The van der Waals surface area contributed by atoms with E-state index in [1.165, 1.54) is 29.5 Å². The largest absolute Gasteiger partial charge is 0.397 e. The zero-order valence-corrected chi connectivity index (χ0v) is 24.1. The number of piperidine rings is 1. The molecule has 12 heteroatoms. The molecular weight excluding hydrogens is 529 g/mol. The molecule has 0 saturated carbocycles. The van der Waals surface area contributed by atoms with Crippen molar-refractivity contribution in [2.45, 2.75) is 50.7 Å². The molecule has 0 spiro atoms. The van der Waals surface area contributed by atoms with Crippen molar-refractivity contribution >= 4 is 60.6 Å². The van der Waals surface area contributed by atoms with Crippen LogP contribution in [0.1, 0.15) is 49.7 Å². The number of likely N-dealkylation sites (tertiary alicyclic amines) is 1. The third kappa shape index (κ3) is 6.92. The van der Waals surface area contributed by atoms with Crippen LogP contribution >= 0.6 is 23.1 Å². The van der Waals surface area contributed by atoms with Crippen molar-refractivity contribution in [3.05, 3.63) is 29.1 Å². The lowest BCUT2D eigenvalue weighted by Gasteiger charge is -2.26. The Hall–Kier alpha value is -2.41. The van der Waals surface area contributed by atoms with Gasteiger partial charge in [-0.1, -0.05) is 30.3 Å². The number of thioether (sulfide) groups is 1. The summed E-state index contributed by atoms with van der Waals surface area (Å²) in [6.45, 7) is 8.14. The summed E-state index contributed by atoms with van der Waals surface area (Å²) in [5.41, 5.74) is 8.08. The van der Waals surface area contributed by atoms with Crippen molar-refractivity contribution in [3.8, 4) is 11.3 Å². The number of amides is 1. The number of carbonyl (C=O) groups excluding carboxylic acids is 1. The van der Waals surface area contributed by atoms with E-state index in [1.807, 2.05) is 33.1 Å². The number of hydrogen-bond donors (Lipinski definition) is 3. The summed E-state index contributed by atoms with van der Waals surface area (Å²) in [4.78, 5) is 25.4. The molecule has 37 heavy (non-hydrogen) atoms. The Kier molecular flexibility index (Phi) is 8.32. The Morgan fingerprint density at radius 3 is 2.59 bits per heavy atom. The normalized spacial score (nSPS) is 15.1. The lowest BCUT2D eigenvalue weighted by atomic mass is 10.1. The maximum Gasteiger partial charge on any atom is 0.263 e. The van der Waals surface area contributed by atoms with Crippen LogP contribution in [-0.4, -0.2) is 66.4 Å². The van der Waals surface area contributed by atoms with E-state index in [-0.39, 0.29) is 11.7 Å². The van der Waals surface area contributed by atoms with Crippen molar-refractivity contribution in [2.24, 2.45) is 0 Å². The Balaban J connectivity index is 1.65. The number of sulfonamides is 1. The van der Waals surface area contributed by atoms with Crippen LogP contribution in [0.4, 0.5) is 11.4 Å². The van der Waals surface area contributed by atoms with Crippen molar-refractivity contribution < 1.29 is 13.2 Å². The number of hydrogen-bond acceptors (Lipinski definition) is 9. The first-order valence-electron chi connectivity index (χ1n) is 12.3. The molecule has 1 aliphatic rings. The first-order chi connectivity index (χ1) is 17.5. The number of nitrogens with zero attached hydrogens (tertiary/aromatic N) is 3. The molecule has 1 fully saturated rings. The van der Waals surface area contributed by atoms with E-state index in [1.54, 1.807) is 18.2 Å². The summed E-state index contributed by atoms with van der Waals surface area (Å²) in [7, 11) is -3.53. The Morgan fingerprint density at radius 2 is 1.92 bits per heavy atom. The van der Waals surface area contributed by atoms with Gasteiger partial charge < -0.3 is 16.0 Å². The van der Waals surface area contributed by atoms with E-state index in [4.69, 9.17) is 10.7 Å². The lowest BCUT2D eigenvalue weighted by molar-refractivity contribution is 0.0924. The highest BCUT2D eigenvalue weighted by Crippen LogP contribution is 2.40. The van der Waals surface area contributed by atoms with Crippen LogP contribution < -0.4 is 15.8 Å². The molecule has 1 aromatic carbocycles. The molecule has 0 atom stereocenters. The number of nitrogens with two attached hydrogens (primary N) is 1. The summed E-state index contributed by atoms with van der Waals surface area (Å²) >= 11 is 2.61. The highest BCUT2D eigenvalue weighted by molar-refractivity contribution is 7.98. The van der Waals surface area contributed by atoms with Crippen molar-refractivity contribution in [1.29, 1.82) is 0 Å². The van der Waals surface area contributed by atoms with E-state index >= 15 is 0 Å². The van der Waals surface area contributed by atoms with Crippen LogP contribution in [0.2, 0.25) is 0 Å². The minimum absolute atomic E-state index is 0.0370. The maximum absolute atomic E-state index is 12.9. The van der Waals surface area contributed by atoms with Crippen LogP contribution in [0, 0.1) is 0 Å². The molecule has 200 valence electrons. The predicted molar refractivity (Wildman–Crippen MR) is 154 cm³/mol. The summed E-state index contributed by atoms with van der Waals surface area (Å²) in [6, 6.07) is 7.09. The van der Waals surface area contributed by atoms with Crippen molar-refractivity contribution in [3.63, 3.8) is 0 Å². The number of nitrogen functional groups attached to an aromatic ring is 1. The van der Waals surface area contributed by atoms with Crippen LogP contribution in [-0.2, 0) is 10.0 Å². The molecule has 0 bridgehead atoms. The Morgan fingerprint density at radius 1 is 1.19 bits per heavy atom. The average Bonchev–Trinajstić information content (AvgIpc) is 3.18. The fourth-order valence-corrected chi connectivity index (χ4v) is 6.76. The molecule has 4 rings (SSSR count). The number of nitrogens with one attached hydrogen (secondary N) is 2. The fourth-order valence-electron chi connectivity index (χ4n) is 4.26. The van der Waals surface area contributed by atoms with E-state index in [0.29, 0.717) is 49.4 Å². The highest BCUT2D eigenvalue weighted by Gasteiger charge is 2.25. The maximum atomic E-state index is 12.9. The van der Waals surface area contributed by atoms with Gasteiger partial charge in [0, 0.05) is 23.3 Å². The fraction of sp³-hybridized carbons (Fsp3) is 0.480. The summed E-state index contributed by atoms with van der Waals surface area (Å²) in [5, 5.41) is 4.08. The van der Waals surface area contributed by atoms with Gasteiger partial charge in [0.2, 0.25) is 10.0 Å².